The van der Waals surface area contributed by atoms with E-state index in [1.807, 2.05) is 32.6 Å². The molecule has 0 spiro atoms. The van der Waals surface area contributed by atoms with Crippen LogP contribution in [-0.2, 0) is 4.74 Å². The third-order valence-electron chi connectivity index (χ3n) is 4.43. The number of rotatable bonds is 3. The van der Waals surface area contributed by atoms with Crippen LogP contribution in [0.1, 0.15) is 51.5 Å². The van der Waals surface area contributed by atoms with Crippen molar-refractivity contribution >= 4 is 12.0 Å². The Morgan fingerprint density at radius 2 is 2.04 bits per heavy atom. The van der Waals surface area contributed by atoms with Crippen molar-refractivity contribution in [2.75, 3.05) is 13.1 Å². The smallest absolute Gasteiger partial charge is 0.407 e. The molecule has 0 aliphatic carbocycles. The normalized spacial score (nSPS) is 23.9. The average Bonchev–Trinajstić information content (AvgIpc) is 2.52. The van der Waals surface area contributed by atoms with E-state index in [1.165, 1.54) is 12.4 Å². The summed E-state index contributed by atoms with van der Waals surface area (Å²) in [4.78, 5) is 34.5. The first-order valence-electron chi connectivity index (χ1n) is 8.71. The Kier molecular flexibility index (Phi) is 5.98. The summed E-state index contributed by atoms with van der Waals surface area (Å²) in [6, 6.07) is 0.127. The number of hydrogen-bond acceptors (Lipinski definition) is 5. The Hall–Kier alpha value is -2.18. The minimum atomic E-state index is -0.523. The van der Waals surface area contributed by atoms with Gasteiger partial charge in [0.05, 0.1) is 6.20 Å². The molecule has 2 amide bonds. The highest BCUT2D eigenvalue weighted by Crippen LogP contribution is 2.28. The molecule has 0 unspecified atom stereocenters. The van der Waals surface area contributed by atoms with Crippen molar-refractivity contribution in [3.63, 3.8) is 0 Å². The minimum absolute atomic E-state index is 0.116. The van der Waals surface area contributed by atoms with E-state index in [0.29, 0.717) is 24.7 Å². The lowest BCUT2D eigenvalue weighted by atomic mass is 9.83. The van der Waals surface area contributed by atoms with Crippen molar-refractivity contribution in [1.82, 2.24) is 20.2 Å². The Labute approximate surface area is 149 Å². The second-order valence-corrected chi connectivity index (χ2v) is 7.75. The maximum absolute atomic E-state index is 12.7. The summed E-state index contributed by atoms with van der Waals surface area (Å²) in [6.07, 6.45) is 5.01. The van der Waals surface area contributed by atoms with Crippen molar-refractivity contribution in [3.8, 4) is 0 Å². The van der Waals surface area contributed by atoms with Gasteiger partial charge in [0.2, 0.25) is 0 Å². The average molecular weight is 348 g/mol. The highest BCUT2D eigenvalue weighted by Gasteiger charge is 2.34. The molecule has 25 heavy (non-hydrogen) atoms. The van der Waals surface area contributed by atoms with Crippen molar-refractivity contribution < 1.29 is 14.3 Å². The maximum Gasteiger partial charge on any atom is 0.407 e. The Balaban J connectivity index is 1.98. The third kappa shape index (κ3) is 5.41. The van der Waals surface area contributed by atoms with Crippen LogP contribution in [0.5, 0.6) is 0 Å². The van der Waals surface area contributed by atoms with Gasteiger partial charge in [0.1, 0.15) is 11.3 Å². The van der Waals surface area contributed by atoms with E-state index >= 15 is 0 Å². The lowest BCUT2D eigenvalue weighted by Crippen LogP contribution is -2.51. The largest absolute Gasteiger partial charge is 0.444 e. The molecular weight excluding hydrogens is 320 g/mol. The van der Waals surface area contributed by atoms with Crippen LogP contribution in [-0.4, -0.2) is 51.6 Å². The van der Waals surface area contributed by atoms with E-state index in [9.17, 15) is 9.59 Å². The van der Waals surface area contributed by atoms with Gasteiger partial charge in [0.15, 0.2) is 0 Å². The molecule has 7 nitrogen and oxygen atoms in total. The number of carbonyl (C=O) groups is 2. The molecule has 138 valence electrons. The van der Waals surface area contributed by atoms with Gasteiger partial charge in [-0.15, -0.1) is 0 Å². The van der Waals surface area contributed by atoms with Crippen LogP contribution >= 0.6 is 0 Å². The second kappa shape index (κ2) is 7.80. The molecule has 1 aliphatic rings. The lowest BCUT2D eigenvalue weighted by Gasteiger charge is -2.41. The molecule has 0 radical (unpaired) electrons. The number of hydrogen-bond donors (Lipinski definition) is 1. The van der Waals surface area contributed by atoms with Gasteiger partial charge in [-0.1, -0.05) is 6.92 Å². The zero-order valence-electron chi connectivity index (χ0n) is 15.7. The SMILES string of the molecule is C[C@@H]1C[C@H](C)N(C(=O)c2cnccn2)C[C@H]1CNC(=O)OC(C)(C)C. The molecule has 2 rings (SSSR count). The number of nitrogens with zero attached hydrogens (tertiary/aromatic N) is 3. The number of alkyl carbamates (subject to hydrolysis) is 1. The number of likely N-dealkylation sites (tertiary alicyclic amines) is 1. The van der Waals surface area contributed by atoms with Gasteiger partial charge < -0.3 is 15.0 Å². The van der Waals surface area contributed by atoms with Gasteiger partial charge in [-0.05, 0) is 46.0 Å². The van der Waals surface area contributed by atoms with Crippen LogP contribution in [0.2, 0.25) is 0 Å². The summed E-state index contributed by atoms with van der Waals surface area (Å²) in [5.41, 5.74) is -0.173. The van der Waals surface area contributed by atoms with Crippen LogP contribution in [0.3, 0.4) is 0 Å². The molecule has 1 aliphatic heterocycles. The van der Waals surface area contributed by atoms with Gasteiger partial charge in [-0.25, -0.2) is 9.78 Å². The Bertz CT molecular complexity index is 600. The second-order valence-electron chi connectivity index (χ2n) is 7.75. The van der Waals surface area contributed by atoms with Gasteiger partial charge in [-0.2, -0.15) is 0 Å². The third-order valence-corrected chi connectivity index (χ3v) is 4.43. The number of aromatic nitrogens is 2. The van der Waals surface area contributed by atoms with Crippen LogP contribution in [0, 0.1) is 11.8 Å². The maximum atomic E-state index is 12.7. The summed E-state index contributed by atoms with van der Waals surface area (Å²) in [5.74, 6) is 0.454. The van der Waals surface area contributed by atoms with E-state index in [2.05, 4.69) is 22.2 Å². The van der Waals surface area contributed by atoms with E-state index in [4.69, 9.17) is 4.74 Å². The fraction of sp³-hybridized carbons (Fsp3) is 0.667. The van der Waals surface area contributed by atoms with Crippen LogP contribution in [0.4, 0.5) is 4.79 Å². The fourth-order valence-corrected chi connectivity index (χ4v) is 3.10. The summed E-state index contributed by atoms with van der Waals surface area (Å²) >= 11 is 0. The van der Waals surface area contributed by atoms with Crippen molar-refractivity contribution in [3.05, 3.63) is 24.3 Å². The molecule has 1 N–H and O–H groups in total. The molecule has 3 atom stereocenters. The highest BCUT2D eigenvalue weighted by atomic mass is 16.6. The van der Waals surface area contributed by atoms with Gasteiger partial charge in [0, 0.05) is 31.5 Å². The van der Waals surface area contributed by atoms with E-state index in [1.54, 1.807) is 6.20 Å². The van der Waals surface area contributed by atoms with Crippen molar-refractivity contribution in [2.24, 2.45) is 11.8 Å². The van der Waals surface area contributed by atoms with Crippen molar-refractivity contribution in [1.29, 1.82) is 0 Å². The first-order valence-corrected chi connectivity index (χ1v) is 8.71. The monoisotopic (exact) mass is 348 g/mol. The van der Waals surface area contributed by atoms with Crippen molar-refractivity contribution in [2.45, 2.75) is 52.7 Å². The van der Waals surface area contributed by atoms with Crippen LogP contribution in [0.25, 0.3) is 0 Å². The van der Waals surface area contributed by atoms with Gasteiger partial charge in [0.25, 0.3) is 5.91 Å². The zero-order valence-corrected chi connectivity index (χ0v) is 15.7. The first-order chi connectivity index (χ1) is 11.7. The standard InChI is InChI=1S/C18H28N4O3/c1-12-8-13(2)22(16(23)15-10-19-6-7-20-15)11-14(12)9-21-17(24)25-18(3,4)5/h6-7,10,12-14H,8-9,11H2,1-5H3,(H,21,24)/t12-,13+,14-/m1/s1. The predicted molar refractivity (Wildman–Crippen MR) is 94.0 cm³/mol. The van der Waals surface area contributed by atoms with E-state index in [0.717, 1.165) is 6.42 Å². The van der Waals surface area contributed by atoms with E-state index in [-0.39, 0.29) is 17.9 Å². The molecule has 1 aromatic heterocycles. The quantitative estimate of drug-likeness (QED) is 0.907. The summed E-state index contributed by atoms with van der Waals surface area (Å²) in [7, 11) is 0. The number of ether oxygens (including phenoxy) is 1. The summed E-state index contributed by atoms with van der Waals surface area (Å²) in [6.45, 7) is 10.8. The molecule has 2 heterocycles. The fourth-order valence-electron chi connectivity index (χ4n) is 3.10. The molecule has 0 bridgehead atoms. The first kappa shape index (κ1) is 19.1. The van der Waals surface area contributed by atoms with E-state index < -0.39 is 11.7 Å². The lowest BCUT2D eigenvalue weighted by molar-refractivity contribution is 0.0397. The zero-order chi connectivity index (χ0) is 18.6. The molecule has 7 heteroatoms. The number of nitrogens with one attached hydrogen (secondary N) is 1. The highest BCUT2D eigenvalue weighted by molar-refractivity contribution is 5.92. The molecule has 1 fully saturated rings. The molecule has 0 saturated carbocycles. The van der Waals surface area contributed by atoms with Gasteiger partial charge >= 0.3 is 6.09 Å². The predicted octanol–water partition coefficient (Wildman–Crippen LogP) is 2.49. The Morgan fingerprint density at radius 3 is 2.64 bits per heavy atom. The molecule has 1 aromatic rings. The number of amides is 2. The topological polar surface area (TPSA) is 84.4 Å². The molecule has 1 saturated heterocycles. The molecular formula is C18H28N4O3. The van der Waals surface area contributed by atoms with Crippen LogP contribution in [0.15, 0.2) is 18.6 Å². The number of carbonyl (C=O) groups excluding carboxylic acids is 2. The minimum Gasteiger partial charge on any atom is -0.444 e. The molecule has 0 aromatic carbocycles. The van der Waals surface area contributed by atoms with Crippen LogP contribution < -0.4 is 5.32 Å². The van der Waals surface area contributed by atoms with Gasteiger partial charge in [-0.3, -0.25) is 9.78 Å². The Morgan fingerprint density at radius 1 is 1.32 bits per heavy atom. The summed E-state index contributed by atoms with van der Waals surface area (Å²) < 4.78 is 5.28. The summed E-state index contributed by atoms with van der Waals surface area (Å²) in [5, 5.41) is 2.83. The number of piperidine rings is 1.